The normalized spacial score (nSPS) is 12.4. The lowest BCUT2D eigenvalue weighted by atomic mass is 10.00. The smallest absolute Gasteiger partial charge is 0.138 e. The van der Waals surface area contributed by atoms with E-state index in [2.05, 4.69) is 10.3 Å². The predicted octanol–water partition coefficient (Wildman–Crippen LogP) is 3.71. The van der Waals surface area contributed by atoms with Crippen molar-refractivity contribution in [2.75, 3.05) is 6.54 Å². The molecule has 0 saturated heterocycles. The van der Waals surface area contributed by atoms with E-state index in [4.69, 9.17) is 4.74 Å². The molecule has 1 unspecified atom stereocenters. The van der Waals surface area contributed by atoms with Crippen molar-refractivity contribution in [3.05, 3.63) is 59.7 Å². The number of benzene rings is 1. The number of hydrogen-bond acceptors (Lipinski definition) is 3. The van der Waals surface area contributed by atoms with Crippen LogP contribution in [-0.2, 0) is 0 Å². The molecule has 1 aromatic heterocycles. The van der Waals surface area contributed by atoms with Crippen LogP contribution in [0.5, 0.6) is 5.75 Å². The molecule has 0 fully saturated rings. The summed E-state index contributed by atoms with van der Waals surface area (Å²) >= 11 is 0. The topological polar surface area (TPSA) is 34.2 Å². The number of nitrogens with zero attached hydrogens (tertiary/aromatic N) is 1. The molecule has 0 bridgehead atoms. The molecule has 0 saturated carbocycles. The molecule has 0 amide bonds. The third kappa shape index (κ3) is 4.26. The maximum absolute atomic E-state index is 13.1. The van der Waals surface area contributed by atoms with E-state index in [1.54, 1.807) is 18.3 Å². The second-order valence-electron chi connectivity index (χ2n) is 5.16. The molecule has 0 aliphatic heterocycles. The number of aromatic nitrogens is 1. The molecule has 21 heavy (non-hydrogen) atoms. The molecule has 4 heteroatoms. The van der Waals surface area contributed by atoms with Gasteiger partial charge in [-0.05, 0) is 49.7 Å². The van der Waals surface area contributed by atoms with Crippen LogP contribution in [0.15, 0.2) is 42.7 Å². The lowest BCUT2D eigenvalue weighted by Crippen LogP contribution is -2.22. The van der Waals surface area contributed by atoms with Crippen molar-refractivity contribution in [2.45, 2.75) is 32.9 Å². The summed E-state index contributed by atoms with van der Waals surface area (Å²) in [6.45, 7) is 6.80. The van der Waals surface area contributed by atoms with Crippen molar-refractivity contribution in [1.29, 1.82) is 0 Å². The van der Waals surface area contributed by atoms with Gasteiger partial charge in [-0.2, -0.15) is 0 Å². The number of rotatable bonds is 6. The zero-order chi connectivity index (χ0) is 15.2. The van der Waals surface area contributed by atoms with E-state index in [1.165, 1.54) is 12.1 Å². The van der Waals surface area contributed by atoms with Gasteiger partial charge in [0, 0.05) is 6.20 Å². The van der Waals surface area contributed by atoms with Crippen molar-refractivity contribution >= 4 is 0 Å². The lowest BCUT2D eigenvalue weighted by molar-refractivity contribution is 0.241. The summed E-state index contributed by atoms with van der Waals surface area (Å²) < 4.78 is 18.8. The highest BCUT2D eigenvalue weighted by atomic mass is 19.1. The first-order valence-electron chi connectivity index (χ1n) is 7.20. The predicted molar refractivity (Wildman–Crippen MR) is 81.9 cm³/mol. The summed E-state index contributed by atoms with van der Waals surface area (Å²) in [6, 6.07) is 8.48. The van der Waals surface area contributed by atoms with Crippen LogP contribution in [-0.4, -0.2) is 17.6 Å². The van der Waals surface area contributed by atoms with Gasteiger partial charge in [0.25, 0.3) is 0 Å². The Labute approximate surface area is 125 Å². The molecule has 2 rings (SSSR count). The van der Waals surface area contributed by atoms with Gasteiger partial charge >= 0.3 is 0 Å². The van der Waals surface area contributed by atoms with Crippen molar-refractivity contribution in [3.63, 3.8) is 0 Å². The Balaban J connectivity index is 2.31. The number of ether oxygens (including phenoxy) is 1. The zero-order valence-electron chi connectivity index (χ0n) is 12.6. The monoisotopic (exact) mass is 288 g/mol. The Hall–Kier alpha value is -1.94. The maximum atomic E-state index is 13.1. The van der Waals surface area contributed by atoms with Gasteiger partial charge < -0.3 is 10.1 Å². The molecular formula is C17H21FN2O. The van der Waals surface area contributed by atoms with Crippen LogP contribution in [0.25, 0.3) is 0 Å². The first kappa shape index (κ1) is 15.4. The number of nitrogens with one attached hydrogen (secondary N) is 1. The van der Waals surface area contributed by atoms with E-state index >= 15 is 0 Å². The highest BCUT2D eigenvalue weighted by Gasteiger charge is 2.14. The van der Waals surface area contributed by atoms with Crippen molar-refractivity contribution in [3.8, 4) is 5.75 Å². The van der Waals surface area contributed by atoms with Crippen LogP contribution in [0.1, 0.15) is 37.9 Å². The average Bonchev–Trinajstić information content (AvgIpc) is 2.45. The van der Waals surface area contributed by atoms with E-state index in [0.29, 0.717) is 0 Å². The van der Waals surface area contributed by atoms with Crippen LogP contribution in [0.2, 0.25) is 0 Å². The molecule has 1 atom stereocenters. The SMILES string of the molecule is CCNC(c1ccc(F)cc1)c1cncc(OC(C)C)c1. The largest absolute Gasteiger partial charge is 0.489 e. The summed E-state index contributed by atoms with van der Waals surface area (Å²) in [4.78, 5) is 4.24. The summed E-state index contributed by atoms with van der Waals surface area (Å²) in [5, 5.41) is 3.40. The number of hydrogen-bond donors (Lipinski definition) is 1. The summed E-state index contributed by atoms with van der Waals surface area (Å²) in [5.41, 5.74) is 2.00. The molecule has 1 N–H and O–H groups in total. The van der Waals surface area contributed by atoms with Crippen molar-refractivity contribution < 1.29 is 9.13 Å². The molecular weight excluding hydrogens is 267 g/mol. The minimum atomic E-state index is -0.232. The third-order valence-corrected chi connectivity index (χ3v) is 3.05. The molecule has 1 heterocycles. The van der Waals surface area contributed by atoms with Crippen LogP contribution in [0, 0.1) is 5.82 Å². The first-order valence-corrected chi connectivity index (χ1v) is 7.20. The Morgan fingerprint density at radius 1 is 1.14 bits per heavy atom. The Morgan fingerprint density at radius 2 is 1.86 bits per heavy atom. The molecule has 1 aromatic carbocycles. The Bertz CT molecular complexity index is 569. The molecule has 3 nitrogen and oxygen atoms in total. The summed E-state index contributed by atoms with van der Waals surface area (Å²) in [7, 11) is 0. The lowest BCUT2D eigenvalue weighted by Gasteiger charge is -2.19. The van der Waals surface area contributed by atoms with Gasteiger partial charge in [-0.3, -0.25) is 4.98 Å². The molecule has 2 aromatic rings. The molecule has 0 aliphatic rings. The van der Waals surface area contributed by atoms with Gasteiger partial charge in [0.2, 0.25) is 0 Å². The second kappa shape index (κ2) is 7.18. The van der Waals surface area contributed by atoms with Crippen LogP contribution in [0.3, 0.4) is 0 Å². The maximum Gasteiger partial charge on any atom is 0.138 e. The number of halogens is 1. The van der Waals surface area contributed by atoms with E-state index < -0.39 is 0 Å². The minimum Gasteiger partial charge on any atom is -0.489 e. The molecule has 0 radical (unpaired) electrons. The highest BCUT2D eigenvalue weighted by Crippen LogP contribution is 2.25. The third-order valence-electron chi connectivity index (χ3n) is 3.05. The molecule has 0 spiro atoms. The van der Waals surface area contributed by atoms with Gasteiger partial charge in [0.05, 0.1) is 18.3 Å². The number of pyridine rings is 1. The van der Waals surface area contributed by atoms with E-state index in [0.717, 1.165) is 23.4 Å². The van der Waals surface area contributed by atoms with Crippen LogP contribution in [0.4, 0.5) is 4.39 Å². The standard InChI is InChI=1S/C17H21FN2O/c1-4-20-17(13-5-7-15(18)8-6-13)14-9-16(11-19-10-14)21-12(2)3/h5-12,17,20H,4H2,1-3H3. The molecule has 0 aliphatic carbocycles. The van der Waals surface area contributed by atoms with Crippen LogP contribution < -0.4 is 10.1 Å². The van der Waals surface area contributed by atoms with Crippen molar-refractivity contribution in [1.82, 2.24) is 10.3 Å². The fourth-order valence-electron chi connectivity index (χ4n) is 2.22. The fraction of sp³-hybridized carbons (Fsp3) is 0.353. The second-order valence-corrected chi connectivity index (χ2v) is 5.16. The summed E-state index contributed by atoms with van der Waals surface area (Å²) in [6.07, 6.45) is 3.62. The van der Waals surface area contributed by atoms with Gasteiger partial charge in [-0.25, -0.2) is 4.39 Å². The zero-order valence-corrected chi connectivity index (χ0v) is 12.6. The van der Waals surface area contributed by atoms with Crippen LogP contribution >= 0.6 is 0 Å². The summed E-state index contributed by atoms with van der Waals surface area (Å²) in [5.74, 6) is 0.511. The minimum absolute atomic E-state index is 0.0289. The van der Waals surface area contributed by atoms with E-state index in [1.807, 2.05) is 33.0 Å². The van der Waals surface area contributed by atoms with E-state index in [9.17, 15) is 4.39 Å². The van der Waals surface area contributed by atoms with Gasteiger partial charge in [-0.1, -0.05) is 19.1 Å². The van der Waals surface area contributed by atoms with Crippen molar-refractivity contribution in [2.24, 2.45) is 0 Å². The fourth-order valence-corrected chi connectivity index (χ4v) is 2.22. The molecule has 112 valence electrons. The Morgan fingerprint density at radius 3 is 2.48 bits per heavy atom. The van der Waals surface area contributed by atoms with Gasteiger partial charge in [0.1, 0.15) is 11.6 Å². The Kier molecular flexibility index (Phi) is 5.28. The van der Waals surface area contributed by atoms with E-state index in [-0.39, 0.29) is 18.0 Å². The quantitative estimate of drug-likeness (QED) is 0.880. The average molecular weight is 288 g/mol. The highest BCUT2D eigenvalue weighted by molar-refractivity contribution is 5.34. The van der Waals surface area contributed by atoms with Gasteiger partial charge in [-0.15, -0.1) is 0 Å². The van der Waals surface area contributed by atoms with Gasteiger partial charge in [0.15, 0.2) is 0 Å². The first-order chi connectivity index (χ1) is 10.1.